The quantitative estimate of drug-likeness (QED) is 0.547. The van der Waals surface area contributed by atoms with Crippen LogP contribution in [-0.4, -0.2) is 40.0 Å². The molecule has 0 aromatic carbocycles. The molecule has 0 aromatic heterocycles. The van der Waals surface area contributed by atoms with E-state index in [4.69, 9.17) is 15.9 Å². The van der Waals surface area contributed by atoms with Crippen molar-refractivity contribution in [3.05, 3.63) is 0 Å². The van der Waals surface area contributed by atoms with E-state index < -0.39 is 0 Å². The van der Waals surface area contributed by atoms with E-state index >= 15 is 0 Å². The van der Waals surface area contributed by atoms with Crippen LogP contribution in [0.15, 0.2) is 0 Å². The van der Waals surface area contributed by atoms with E-state index in [-0.39, 0.29) is 29.8 Å². The fourth-order valence-electron chi connectivity index (χ4n) is 0.675. The van der Waals surface area contributed by atoms with E-state index in [1.165, 1.54) is 11.8 Å². The minimum Gasteiger partial charge on any atom is -0.395 e. The van der Waals surface area contributed by atoms with E-state index in [0.29, 0.717) is 0 Å². The molecule has 0 rings (SSSR count). The first kappa shape index (κ1) is 11.2. The Balaban J connectivity index is 3.68. The van der Waals surface area contributed by atoms with E-state index in [1.54, 1.807) is 0 Å². The van der Waals surface area contributed by atoms with Crippen molar-refractivity contribution in [2.24, 2.45) is 5.73 Å². The molecule has 11 heavy (non-hydrogen) atoms. The molecule has 4 heteroatoms. The van der Waals surface area contributed by atoms with Gasteiger partial charge in [-0.25, -0.2) is 0 Å². The molecule has 0 saturated heterocycles. The first-order chi connectivity index (χ1) is 5.11. The molecular weight excluding hydrogens is 162 g/mol. The van der Waals surface area contributed by atoms with Crippen LogP contribution >= 0.6 is 11.8 Å². The van der Waals surface area contributed by atoms with Crippen molar-refractivity contribution in [1.29, 1.82) is 0 Å². The highest BCUT2D eigenvalue weighted by Gasteiger charge is 2.15. The van der Waals surface area contributed by atoms with Gasteiger partial charge in [0.25, 0.3) is 0 Å². The molecule has 0 aliphatic rings. The van der Waals surface area contributed by atoms with Crippen molar-refractivity contribution in [3.8, 4) is 0 Å². The number of thioether (sulfide) groups is 1. The zero-order chi connectivity index (χ0) is 8.85. The summed E-state index contributed by atoms with van der Waals surface area (Å²) in [5.74, 6) is 0. The highest BCUT2D eigenvalue weighted by molar-refractivity contribution is 8.00. The van der Waals surface area contributed by atoms with Crippen LogP contribution < -0.4 is 5.73 Å². The number of rotatable bonds is 5. The first-order valence-electron chi connectivity index (χ1n) is 3.74. The summed E-state index contributed by atoms with van der Waals surface area (Å²) in [5, 5.41) is 17.8. The summed E-state index contributed by atoms with van der Waals surface area (Å²) in [7, 11) is 0. The Bertz CT molecular complexity index is 100. The van der Waals surface area contributed by atoms with Gasteiger partial charge in [-0.3, -0.25) is 0 Å². The molecule has 0 fully saturated rings. The maximum Gasteiger partial charge on any atom is 0.0565 e. The fraction of sp³-hybridized carbons (Fsp3) is 1.00. The Kier molecular flexibility index (Phi) is 5.95. The van der Waals surface area contributed by atoms with Crippen LogP contribution in [0.4, 0.5) is 0 Å². The van der Waals surface area contributed by atoms with Crippen molar-refractivity contribution in [2.75, 3.05) is 13.2 Å². The lowest BCUT2D eigenvalue weighted by Gasteiger charge is -2.20. The van der Waals surface area contributed by atoms with Crippen molar-refractivity contribution in [3.63, 3.8) is 0 Å². The maximum atomic E-state index is 8.86. The van der Waals surface area contributed by atoms with E-state index in [1.807, 2.05) is 13.8 Å². The zero-order valence-corrected chi connectivity index (χ0v) is 7.84. The number of aliphatic hydroxyl groups excluding tert-OH is 2. The van der Waals surface area contributed by atoms with Crippen LogP contribution in [0.1, 0.15) is 13.8 Å². The predicted octanol–water partition coefficient (Wildman–Crippen LogP) is -0.192. The highest BCUT2D eigenvalue weighted by atomic mass is 32.2. The monoisotopic (exact) mass is 179 g/mol. The van der Waals surface area contributed by atoms with Gasteiger partial charge in [0.15, 0.2) is 0 Å². The lowest BCUT2D eigenvalue weighted by molar-refractivity contribution is 0.281. The van der Waals surface area contributed by atoms with Gasteiger partial charge in [-0.05, 0) is 6.92 Å². The molecule has 3 nitrogen and oxygen atoms in total. The molecule has 68 valence electrons. The summed E-state index contributed by atoms with van der Waals surface area (Å²) in [6.07, 6.45) is 0. The molecule has 0 heterocycles. The van der Waals surface area contributed by atoms with Crippen LogP contribution in [-0.2, 0) is 0 Å². The number of hydrogen-bond acceptors (Lipinski definition) is 4. The summed E-state index contributed by atoms with van der Waals surface area (Å²) in [5.41, 5.74) is 5.59. The molecule has 4 N–H and O–H groups in total. The van der Waals surface area contributed by atoms with E-state index in [2.05, 4.69) is 0 Å². The third-order valence-corrected chi connectivity index (χ3v) is 2.97. The summed E-state index contributed by atoms with van der Waals surface area (Å²) in [4.78, 5) is 0. The third kappa shape index (κ3) is 4.63. The van der Waals surface area contributed by atoms with Gasteiger partial charge >= 0.3 is 0 Å². The van der Waals surface area contributed by atoms with Gasteiger partial charge in [-0.1, -0.05) is 6.92 Å². The zero-order valence-electron chi connectivity index (χ0n) is 7.03. The van der Waals surface area contributed by atoms with Crippen LogP contribution in [0.25, 0.3) is 0 Å². The molecule has 0 radical (unpaired) electrons. The molecule has 0 bridgehead atoms. The van der Waals surface area contributed by atoms with Crippen LogP contribution in [0.3, 0.4) is 0 Å². The van der Waals surface area contributed by atoms with E-state index in [9.17, 15) is 0 Å². The van der Waals surface area contributed by atoms with Crippen LogP contribution in [0.2, 0.25) is 0 Å². The van der Waals surface area contributed by atoms with Crippen molar-refractivity contribution in [1.82, 2.24) is 0 Å². The Labute approximate surface area is 72.0 Å². The standard InChI is InChI=1S/C7H17NO2S/c1-5(3-9)11-7(4-10)6(2)8/h5-7,9-10H,3-4,8H2,1-2H3. The normalized spacial score (nSPS) is 19.4. The summed E-state index contributed by atoms with van der Waals surface area (Å²) in [6, 6.07) is -0.0287. The smallest absolute Gasteiger partial charge is 0.0565 e. The van der Waals surface area contributed by atoms with Gasteiger partial charge < -0.3 is 15.9 Å². The molecule has 0 aromatic rings. The SMILES string of the molecule is CC(CO)SC(CO)C(C)N. The predicted molar refractivity (Wildman–Crippen MR) is 48.7 cm³/mol. The van der Waals surface area contributed by atoms with Crippen LogP contribution in [0.5, 0.6) is 0 Å². The fourth-order valence-corrected chi connectivity index (χ4v) is 1.69. The van der Waals surface area contributed by atoms with Gasteiger partial charge in [-0.15, -0.1) is 11.8 Å². The molecule has 3 unspecified atom stereocenters. The molecule has 3 atom stereocenters. The van der Waals surface area contributed by atoms with Gasteiger partial charge in [0.1, 0.15) is 0 Å². The second-order valence-electron chi connectivity index (χ2n) is 2.71. The van der Waals surface area contributed by atoms with Gasteiger partial charge in [0.05, 0.1) is 13.2 Å². The number of nitrogens with two attached hydrogens (primary N) is 1. The first-order valence-corrected chi connectivity index (χ1v) is 4.68. The molecule has 0 saturated carbocycles. The van der Waals surface area contributed by atoms with Crippen molar-refractivity contribution >= 4 is 11.8 Å². The van der Waals surface area contributed by atoms with E-state index in [0.717, 1.165) is 0 Å². The van der Waals surface area contributed by atoms with Gasteiger partial charge in [0.2, 0.25) is 0 Å². The number of aliphatic hydroxyl groups is 2. The third-order valence-electron chi connectivity index (χ3n) is 1.43. The number of hydrogen-bond donors (Lipinski definition) is 3. The Morgan fingerprint density at radius 3 is 2.09 bits per heavy atom. The Morgan fingerprint density at radius 2 is 1.82 bits per heavy atom. The van der Waals surface area contributed by atoms with Crippen molar-refractivity contribution < 1.29 is 10.2 Å². The minimum absolute atomic E-state index is 0.0287. The molecule has 0 aliphatic heterocycles. The van der Waals surface area contributed by atoms with Crippen LogP contribution in [0, 0.1) is 0 Å². The Hall–Kier alpha value is 0.230. The molecule has 0 aliphatic carbocycles. The van der Waals surface area contributed by atoms with Gasteiger partial charge in [0, 0.05) is 16.5 Å². The highest BCUT2D eigenvalue weighted by Crippen LogP contribution is 2.18. The average Bonchev–Trinajstić information content (AvgIpc) is 1.99. The maximum absolute atomic E-state index is 8.86. The second-order valence-corrected chi connectivity index (χ2v) is 4.39. The second kappa shape index (κ2) is 5.83. The molecule has 0 amide bonds. The summed E-state index contributed by atoms with van der Waals surface area (Å²) >= 11 is 1.53. The molecule has 0 spiro atoms. The Morgan fingerprint density at radius 1 is 1.27 bits per heavy atom. The minimum atomic E-state index is -0.0287. The topological polar surface area (TPSA) is 66.5 Å². The van der Waals surface area contributed by atoms with Crippen molar-refractivity contribution in [2.45, 2.75) is 30.4 Å². The lowest BCUT2D eigenvalue weighted by Crippen LogP contribution is -2.33. The average molecular weight is 179 g/mol. The van der Waals surface area contributed by atoms with Gasteiger partial charge in [-0.2, -0.15) is 0 Å². The lowest BCUT2D eigenvalue weighted by atomic mass is 10.3. The largest absolute Gasteiger partial charge is 0.395 e. The molecular formula is C7H17NO2S. The summed E-state index contributed by atoms with van der Waals surface area (Å²) < 4.78 is 0. The summed E-state index contributed by atoms with van der Waals surface area (Å²) in [6.45, 7) is 3.98.